The van der Waals surface area contributed by atoms with Gasteiger partial charge in [-0.05, 0) is 13.1 Å². The molecule has 0 aliphatic carbocycles. The quantitative estimate of drug-likeness (QED) is 0.711. The monoisotopic (exact) mass is 154 g/mol. The Kier molecular flexibility index (Phi) is 3.12. The lowest BCUT2D eigenvalue weighted by Crippen LogP contribution is -2.03. The molecule has 0 aliphatic heterocycles. The zero-order chi connectivity index (χ0) is 7.23. The molecule has 0 fully saturated rings. The average Bonchev–Trinajstić information content (AvgIpc) is 2.41. The Labute approximate surface area is 64.6 Å². The molecule has 0 saturated carbocycles. The van der Waals surface area contributed by atoms with Gasteiger partial charge in [0.05, 0.1) is 11.2 Å². The molecule has 0 bridgehead atoms. The normalized spacial score (nSPS) is 10.9. The van der Waals surface area contributed by atoms with Crippen molar-refractivity contribution in [3.63, 3.8) is 0 Å². The maximum Gasteiger partial charge on any atom is 0.0798 e. The van der Waals surface area contributed by atoms with Crippen LogP contribution in [-0.4, -0.2) is 18.6 Å². The summed E-state index contributed by atoms with van der Waals surface area (Å²) in [5, 5.41) is 5.04. The third-order valence-electron chi connectivity index (χ3n) is 1.06. The number of hydrogen-bond acceptors (Lipinski definition) is 3. The standard InChI is InChI=1S/C7H10N2S/c1-8-4-2-3-7-5-10-6-9-7/h2-3,5-6,8H,4H2,1H3/b3-2+. The van der Waals surface area contributed by atoms with Gasteiger partial charge >= 0.3 is 0 Å². The summed E-state index contributed by atoms with van der Waals surface area (Å²) >= 11 is 1.61. The molecule has 1 heterocycles. The van der Waals surface area contributed by atoms with Crippen molar-refractivity contribution in [3.8, 4) is 0 Å². The van der Waals surface area contributed by atoms with Gasteiger partial charge in [-0.15, -0.1) is 11.3 Å². The fourth-order valence-electron chi connectivity index (χ4n) is 0.602. The zero-order valence-electron chi connectivity index (χ0n) is 5.87. The summed E-state index contributed by atoms with van der Waals surface area (Å²) in [4.78, 5) is 4.09. The highest BCUT2D eigenvalue weighted by atomic mass is 32.1. The molecule has 10 heavy (non-hydrogen) atoms. The molecule has 2 nitrogen and oxygen atoms in total. The summed E-state index contributed by atoms with van der Waals surface area (Å²) in [5.41, 5.74) is 2.87. The van der Waals surface area contributed by atoms with Crippen LogP contribution in [0.15, 0.2) is 17.0 Å². The molecular weight excluding hydrogens is 144 g/mol. The summed E-state index contributed by atoms with van der Waals surface area (Å²) < 4.78 is 0. The van der Waals surface area contributed by atoms with Crippen LogP contribution in [0.3, 0.4) is 0 Å². The molecule has 0 aliphatic rings. The van der Waals surface area contributed by atoms with Crippen LogP contribution in [0.2, 0.25) is 0 Å². The van der Waals surface area contributed by atoms with E-state index in [0.717, 1.165) is 12.2 Å². The number of rotatable bonds is 3. The van der Waals surface area contributed by atoms with Crippen molar-refractivity contribution in [3.05, 3.63) is 22.7 Å². The first-order valence-electron chi connectivity index (χ1n) is 3.13. The van der Waals surface area contributed by atoms with Crippen LogP contribution in [0.5, 0.6) is 0 Å². The van der Waals surface area contributed by atoms with E-state index in [-0.39, 0.29) is 0 Å². The summed E-state index contributed by atoms with van der Waals surface area (Å²) in [5.74, 6) is 0. The summed E-state index contributed by atoms with van der Waals surface area (Å²) in [6.07, 6.45) is 4.06. The van der Waals surface area contributed by atoms with E-state index in [4.69, 9.17) is 0 Å². The second-order valence-electron chi connectivity index (χ2n) is 1.87. The summed E-state index contributed by atoms with van der Waals surface area (Å²) in [6, 6.07) is 0. The van der Waals surface area contributed by atoms with Crippen molar-refractivity contribution in [2.24, 2.45) is 0 Å². The lowest BCUT2D eigenvalue weighted by atomic mass is 10.4. The smallest absolute Gasteiger partial charge is 0.0798 e. The van der Waals surface area contributed by atoms with Crippen LogP contribution < -0.4 is 5.32 Å². The first-order chi connectivity index (χ1) is 4.93. The van der Waals surface area contributed by atoms with Crippen molar-refractivity contribution in [1.82, 2.24) is 10.3 Å². The van der Waals surface area contributed by atoms with Gasteiger partial charge in [-0.1, -0.05) is 6.08 Å². The maximum absolute atomic E-state index is 4.09. The molecule has 0 amide bonds. The van der Waals surface area contributed by atoms with Crippen LogP contribution in [0, 0.1) is 0 Å². The number of likely N-dealkylation sites (N-methyl/N-ethyl adjacent to an activating group) is 1. The molecule has 1 aromatic rings. The van der Waals surface area contributed by atoms with E-state index in [2.05, 4.69) is 16.4 Å². The van der Waals surface area contributed by atoms with Gasteiger partial charge in [-0.25, -0.2) is 4.98 Å². The highest BCUT2D eigenvalue weighted by Gasteiger charge is 1.83. The lowest BCUT2D eigenvalue weighted by Gasteiger charge is -1.85. The Hall–Kier alpha value is -0.670. The van der Waals surface area contributed by atoms with Crippen LogP contribution in [0.25, 0.3) is 6.08 Å². The Balaban J connectivity index is 2.40. The molecule has 0 spiro atoms. The Bertz CT molecular complexity index is 191. The van der Waals surface area contributed by atoms with Crippen molar-refractivity contribution >= 4 is 17.4 Å². The number of nitrogens with one attached hydrogen (secondary N) is 1. The Morgan fingerprint density at radius 3 is 3.30 bits per heavy atom. The van der Waals surface area contributed by atoms with Crippen LogP contribution in [0.1, 0.15) is 5.69 Å². The number of aromatic nitrogens is 1. The molecule has 0 radical (unpaired) electrons. The minimum Gasteiger partial charge on any atom is -0.316 e. The van der Waals surface area contributed by atoms with Gasteiger partial charge in [0.25, 0.3) is 0 Å². The minimum atomic E-state index is 0.900. The molecule has 0 unspecified atom stereocenters. The first kappa shape index (κ1) is 7.44. The second kappa shape index (κ2) is 4.19. The molecular formula is C7H10N2S. The van der Waals surface area contributed by atoms with Gasteiger partial charge in [0.15, 0.2) is 0 Å². The summed E-state index contributed by atoms with van der Waals surface area (Å²) in [7, 11) is 1.92. The van der Waals surface area contributed by atoms with Gasteiger partial charge in [-0.3, -0.25) is 0 Å². The zero-order valence-corrected chi connectivity index (χ0v) is 6.69. The summed E-state index contributed by atoms with van der Waals surface area (Å²) in [6.45, 7) is 0.900. The van der Waals surface area contributed by atoms with Crippen molar-refractivity contribution in [2.75, 3.05) is 13.6 Å². The maximum atomic E-state index is 4.09. The average molecular weight is 154 g/mol. The van der Waals surface area contributed by atoms with E-state index in [1.165, 1.54) is 0 Å². The predicted molar refractivity (Wildman–Crippen MR) is 45.1 cm³/mol. The van der Waals surface area contributed by atoms with Gasteiger partial charge in [0.1, 0.15) is 0 Å². The van der Waals surface area contributed by atoms with Crippen LogP contribution in [-0.2, 0) is 0 Å². The van der Waals surface area contributed by atoms with E-state index in [1.807, 2.05) is 24.0 Å². The van der Waals surface area contributed by atoms with Crippen LogP contribution in [0.4, 0.5) is 0 Å². The third kappa shape index (κ3) is 2.29. The predicted octanol–water partition coefficient (Wildman–Crippen LogP) is 1.38. The van der Waals surface area contributed by atoms with Gasteiger partial charge in [0, 0.05) is 11.9 Å². The van der Waals surface area contributed by atoms with Gasteiger partial charge in [-0.2, -0.15) is 0 Å². The van der Waals surface area contributed by atoms with Crippen molar-refractivity contribution < 1.29 is 0 Å². The van der Waals surface area contributed by atoms with E-state index in [9.17, 15) is 0 Å². The van der Waals surface area contributed by atoms with E-state index in [0.29, 0.717) is 0 Å². The largest absolute Gasteiger partial charge is 0.316 e. The molecule has 1 N–H and O–H groups in total. The topological polar surface area (TPSA) is 24.9 Å². The first-order valence-corrected chi connectivity index (χ1v) is 4.07. The van der Waals surface area contributed by atoms with E-state index >= 15 is 0 Å². The van der Waals surface area contributed by atoms with Crippen molar-refractivity contribution in [1.29, 1.82) is 0 Å². The molecule has 1 rings (SSSR count). The third-order valence-corrected chi connectivity index (χ3v) is 1.67. The number of nitrogens with zero attached hydrogens (tertiary/aromatic N) is 1. The van der Waals surface area contributed by atoms with E-state index < -0.39 is 0 Å². The molecule has 3 heteroatoms. The molecule has 0 atom stereocenters. The SMILES string of the molecule is CNC/C=C/c1cscn1. The fourth-order valence-corrected chi connectivity index (χ4v) is 1.12. The van der Waals surface area contributed by atoms with Gasteiger partial charge in [0.2, 0.25) is 0 Å². The molecule has 1 aromatic heterocycles. The second-order valence-corrected chi connectivity index (χ2v) is 2.59. The number of thiazole rings is 1. The van der Waals surface area contributed by atoms with Crippen LogP contribution >= 0.6 is 11.3 Å². The molecule has 54 valence electrons. The van der Waals surface area contributed by atoms with Crippen molar-refractivity contribution in [2.45, 2.75) is 0 Å². The minimum absolute atomic E-state index is 0.900. The highest BCUT2D eigenvalue weighted by molar-refractivity contribution is 7.07. The molecule has 0 saturated heterocycles. The number of hydrogen-bond donors (Lipinski definition) is 1. The van der Waals surface area contributed by atoms with E-state index in [1.54, 1.807) is 11.3 Å². The molecule has 0 aromatic carbocycles. The van der Waals surface area contributed by atoms with Gasteiger partial charge < -0.3 is 5.32 Å². The Morgan fingerprint density at radius 1 is 1.80 bits per heavy atom. The Morgan fingerprint density at radius 2 is 2.70 bits per heavy atom. The highest BCUT2D eigenvalue weighted by Crippen LogP contribution is 2.01. The lowest BCUT2D eigenvalue weighted by molar-refractivity contribution is 0.922. The fraction of sp³-hybridized carbons (Fsp3) is 0.286.